The predicted octanol–water partition coefficient (Wildman–Crippen LogP) is 2.12. The molecule has 2 aromatic rings. The monoisotopic (exact) mass is 226 g/mol. The lowest BCUT2D eigenvalue weighted by Gasteiger charge is -2.05. The van der Waals surface area contributed by atoms with Gasteiger partial charge in [-0.3, -0.25) is 4.68 Å². The van der Waals surface area contributed by atoms with Gasteiger partial charge in [-0.05, 0) is 32.4 Å². The molecule has 86 valence electrons. The van der Waals surface area contributed by atoms with Crippen LogP contribution in [0.1, 0.15) is 28.2 Å². The fraction of sp³-hybridized carbons (Fsp3) is 0.308. The first-order chi connectivity index (χ1) is 8.13. The lowest BCUT2D eigenvalue weighted by Crippen LogP contribution is -2.06. The number of pyridine rings is 1. The number of nitrogens with zero attached hydrogens (tertiary/aromatic N) is 4. The summed E-state index contributed by atoms with van der Waals surface area (Å²) in [5, 5.41) is 13.4. The summed E-state index contributed by atoms with van der Waals surface area (Å²) in [7, 11) is 0. The molecule has 0 spiro atoms. The van der Waals surface area contributed by atoms with Gasteiger partial charge in [-0.2, -0.15) is 10.4 Å². The molecule has 0 saturated heterocycles. The standard InChI is InChI=1S/C13H14N4/c1-9-10(2)16-17(11(9)3)8-12-5-4-6-15-13(12)7-14/h4-6H,8H2,1-3H3. The average Bonchev–Trinajstić information content (AvgIpc) is 2.58. The maximum Gasteiger partial charge on any atom is 0.145 e. The quantitative estimate of drug-likeness (QED) is 0.788. The molecule has 0 N–H and O–H groups in total. The van der Waals surface area contributed by atoms with Crippen molar-refractivity contribution in [3.63, 3.8) is 0 Å². The first-order valence-electron chi connectivity index (χ1n) is 5.48. The van der Waals surface area contributed by atoms with E-state index in [1.807, 2.05) is 30.7 Å². The van der Waals surface area contributed by atoms with Gasteiger partial charge in [-0.25, -0.2) is 4.98 Å². The van der Waals surface area contributed by atoms with Crippen LogP contribution in [-0.4, -0.2) is 14.8 Å². The topological polar surface area (TPSA) is 54.5 Å². The molecule has 17 heavy (non-hydrogen) atoms. The summed E-state index contributed by atoms with van der Waals surface area (Å²) >= 11 is 0. The molecule has 0 unspecified atom stereocenters. The maximum absolute atomic E-state index is 8.98. The van der Waals surface area contributed by atoms with E-state index >= 15 is 0 Å². The normalized spacial score (nSPS) is 10.2. The van der Waals surface area contributed by atoms with Gasteiger partial charge in [-0.1, -0.05) is 6.07 Å². The molecule has 0 aliphatic carbocycles. The van der Waals surface area contributed by atoms with Gasteiger partial charge in [0.2, 0.25) is 0 Å². The van der Waals surface area contributed by atoms with E-state index in [0.717, 1.165) is 17.0 Å². The van der Waals surface area contributed by atoms with E-state index in [4.69, 9.17) is 5.26 Å². The van der Waals surface area contributed by atoms with Gasteiger partial charge >= 0.3 is 0 Å². The number of nitriles is 1. The van der Waals surface area contributed by atoms with E-state index in [-0.39, 0.29) is 0 Å². The Labute approximate surface area is 101 Å². The smallest absolute Gasteiger partial charge is 0.145 e. The van der Waals surface area contributed by atoms with Crippen LogP contribution >= 0.6 is 0 Å². The molecule has 4 heteroatoms. The van der Waals surface area contributed by atoms with Crippen LogP contribution < -0.4 is 0 Å². The Bertz CT molecular complexity index is 590. The van der Waals surface area contributed by atoms with Crippen molar-refractivity contribution in [3.8, 4) is 6.07 Å². The van der Waals surface area contributed by atoms with Gasteiger partial charge in [0.05, 0.1) is 12.2 Å². The van der Waals surface area contributed by atoms with Gasteiger partial charge in [0.1, 0.15) is 11.8 Å². The number of aryl methyl sites for hydroxylation is 1. The Morgan fingerprint density at radius 1 is 1.35 bits per heavy atom. The summed E-state index contributed by atoms with van der Waals surface area (Å²) in [6.07, 6.45) is 1.63. The minimum atomic E-state index is 0.470. The minimum Gasteiger partial charge on any atom is -0.265 e. The number of hydrogen-bond donors (Lipinski definition) is 0. The highest BCUT2D eigenvalue weighted by atomic mass is 15.3. The Kier molecular flexibility index (Phi) is 2.92. The molecule has 2 aromatic heterocycles. The first kappa shape index (κ1) is 11.3. The summed E-state index contributed by atoms with van der Waals surface area (Å²) < 4.78 is 1.92. The molecule has 0 amide bonds. The number of hydrogen-bond acceptors (Lipinski definition) is 3. The van der Waals surface area contributed by atoms with Crippen molar-refractivity contribution < 1.29 is 0 Å². The number of aromatic nitrogens is 3. The second-order valence-corrected chi connectivity index (χ2v) is 4.08. The zero-order valence-electron chi connectivity index (χ0n) is 10.2. The zero-order chi connectivity index (χ0) is 12.4. The highest BCUT2D eigenvalue weighted by Crippen LogP contribution is 2.14. The Morgan fingerprint density at radius 2 is 2.12 bits per heavy atom. The van der Waals surface area contributed by atoms with Crippen LogP contribution in [0, 0.1) is 32.1 Å². The van der Waals surface area contributed by atoms with Crippen LogP contribution in [0.15, 0.2) is 18.3 Å². The molecule has 0 fully saturated rings. The highest BCUT2D eigenvalue weighted by Gasteiger charge is 2.09. The minimum absolute atomic E-state index is 0.470. The van der Waals surface area contributed by atoms with Crippen molar-refractivity contribution >= 4 is 0 Å². The molecule has 0 saturated carbocycles. The zero-order valence-corrected chi connectivity index (χ0v) is 10.2. The van der Waals surface area contributed by atoms with E-state index < -0.39 is 0 Å². The summed E-state index contributed by atoms with van der Waals surface area (Å²) in [6, 6.07) is 5.86. The van der Waals surface area contributed by atoms with Crippen LogP contribution in [0.4, 0.5) is 0 Å². The van der Waals surface area contributed by atoms with Crippen molar-refractivity contribution in [2.45, 2.75) is 27.3 Å². The van der Waals surface area contributed by atoms with E-state index in [0.29, 0.717) is 12.2 Å². The summed E-state index contributed by atoms with van der Waals surface area (Å²) in [4.78, 5) is 4.05. The van der Waals surface area contributed by atoms with Crippen LogP contribution in [0.5, 0.6) is 0 Å². The maximum atomic E-state index is 8.98. The lowest BCUT2D eigenvalue weighted by atomic mass is 10.2. The molecule has 0 bridgehead atoms. The second kappa shape index (κ2) is 4.38. The Hall–Kier alpha value is -2.15. The first-order valence-corrected chi connectivity index (χ1v) is 5.48. The molecule has 0 radical (unpaired) electrons. The van der Waals surface area contributed by atoms with Gasteiger partial charge in [0.15, 0.2) is 0 Å². The van der Waals surface area contributed by atoms with Gasteiger partial charge in [-0.15, -0.1) is 0 Å². The molecule has 0 atom stereocenters. The third-order valence-electron chi connectivity index (χ3n) is 3.06. The molecular formula is C13H14N4. The lowest BCUT2D eigenvalue weighted by molar-refractivity contribution is 0.655. The third kappa shape index (κ3) is 2.04. The molecule has 2 heterocycles. The van der Waals surface area contributed by atoms with Crippen LogP contribution in [0.2, 0.25) is 0 Å². The second-order valence-electron chi connectivity index (χ2n) is 4.08. The molecule has 0 aromatic carbocycles. The van der Waals surface area contributed by atoms with E-state index in [1.54, 1.807) is 6.20 Å². The fourth-order valence-corrected chi connectivity index (χ4v) is 1.77. The fourth-order valence-electron chi connectivity index (χ4n) is 1.77. The molecule has 4 nitrogen and oxygen atoms in total. The van der Waals surface area contributed by atoms with Crippen molar-refractivity contribution in [3.05, 3.63) is 46.5 Å². The average molecular weight is 226 g/mol. The van der Waals surface area contributed by atoms with Crippen LogP contribution in [-0.2, 0) is 6.54 Å². The molecule has 0 aliphatic heterocycles. The predicted molar refractivity (Wildman–Crippen MR) is 64.5 cm³/mol. The summed E-state index contributed by atoms with van der Waals surface area (Å²) in [6.45, 7) is 6.69. The Morgan fingerprint density at radius 3 is 2.71 bits per heavy atom. The highest BCUT2D eigenvalue weighted by molar-refractivity contribution is 5.31. The van der Waals surface area contributed by atoms with Crippen molar-refractivity contribution in [1.82, 2.24) is 14.8 Å². The number of rotatable bonds is 2. The van der Waals surface area contributed by atoms with E-state index in [9.17, 15) is 0 Å². The summed E-state index contributed by atoms with van der Waals surface area (Å²) in [5.74, 6) is 0. The summed E-state index contributed by atoms with van der Waals surface area (Å²) in [5.41, 5.74) is 4.74. The van der Waals surface area contributed by atoms with E-state index in [2.05, 4.69) is 23.1 Å². The van der Waals surface area contributed by atoms with Crippen LogP contribution in [0.25, 0.3) is 0 Å². The Balaban J connectivity index is 2.39. The largest absolute Gasteiger partial charge is 0.265 e. The SMILES string of the molecule is Cc1nn(Cc2cccnc2C#N)c(C)c1C. The van der Waals surface area contributed by atoms with Gasteiger partial charge in [0, 0.05) is 17.5 Å². The molecule has 0 aliphatic rings. The van der Waals surface area contributed by atoms with Crippen molar-refractivity contribution in [2.24, 2.45) is 0 Å². The van der Waals surface area contributed by atoms with E-state index in [1.165, 1.54) is 5.56 Å². The van der Waals surface area contributed by atoms with Gasteiger partial charge in [0.25, 0.3) is 0 Å². The van der Waals surface area contributed by atoms with Crippen molar-refractivity contribution in [2.75, 3.05) is 0 Å². The molecule has 2 rings (SSSR count). The van der Waals surface area contributed by atoms with Crippen molar-refractivity contribution in [1.29, 1.82) is 5.26 Å². The van der Waals surface area contributed by atoms with Gasteiger partial charge < -0.3 is 0 Å². The molecular weight excluding hydrogens is 212 g/mol. The van der Waals surface area contributed by atoms with Crippen LogP contribution in [0.3, 0.4) is 0 Å². The third-order valence-corrected chi connectivity index (χ3v) is 3.06.